The molecule has 0 N–H and O–H groups in total. The van der Waals surface area contributed by atoms with Crippen LogP contribution < -0.4 is 14.2 Å². The molecule has 0 saturated carbocycles. The van der Waals surface area contributed by atoms with Gasteiger partial charge in [0.25, 0.3) is 5.91 Å². The first-order chi connectivity index (χ1) is 16.6. The minimum atomic E-state index is -2.95. The van der Waals surface area contributed by atoms with Crippen molar-refractivity contribution < 1.29 is 32.3 Å². The maximum absolute atomic E-state index is 12.9. The van der Waals surface area contributed by atoms with Gasteiger partial charge in [0.05, 0.1) is 12.1 Å². The van der Waals surface area contributed by atoms with Crippen molar-refractivity contribution in [2.75, 3.05) is 32.8 Å². The Morgan fingerprint density at radius 3 is 2.59 bits per heavy atom. The highest BCUT2D eigenvalue weighted by molar-refractivity contribution is 5.82. The van der Waals surface area contributed by atoms with Crippen molar-refractivity contribution >= 4 is 5.91 Å². The van der Waals surface area contributed by atoms with Crippen molar-refractivity contribution in [3.05, 3.63) is 54.4 Å². The van der Waals surface area contributed by atoms with Crippen molar-refractivity contribution in [2.24, 2.45) is 0 Å². The van der Waals surface area contributed by atoms with Gasteiger partial charge in [0.2, 0.25) is 17.8 Å². The van der Waals surface area contributed by atoms with Gasteiger partial charge in [-0.15, -0.1) is 0 Å². The lowest BCUT2D eigenvalue weighted by Gasteiger charge is -2.36. The van der Waals surface area contributed by atoms with Gasteiger partial charge in [0.15, 0.2) is 11.5 Å². The number of alkyl halides is 2. The number of ether oxygens (including phenoxy) is 3. The van der Waals surface area contributed by atoms with E-state index in [1.54, 1.807) is 29.2 Å². The first kappa shape index (κ1) is 22.1. The Balaban J connectivity index is 1.16. The van der Waals surface area contributed by atoms with Gasteiger partial charge in [-0.3, -0.25) is 9.69 Å². The van der Waals surface area contributed by atoms with Crippen LogP contribution in [0.4, 0.5) is 8.78 Å². The lowest BCUT2D eigenvalue weighted by molar-refractivity contribution is -0.143. The molecule has 1 saturated heterocycles. The number of benzene rings is 2. The van der Waals surface area contributed by atoms with Gasteiger partial charge < -0.3 is 23.6 Å². The Hall–Kier alpha value is -3.73. The highest BCUT2D eigenvalue weighted by Gasteiger charge is 2.33. The molecule has 0 spiro atoms. The molecule has 0 radical (unpaired) electrons. The fraction of sp³-hybridized carbons (Fsp3) is 0.348. The molecule has 9 nitrogen and oxygen atoms in total. The zero-order valence-corrected chi connectivity index (χ0v) is 18.1. The molecule has 0 aliphatic carbocycles. The molecule has 2 aromatic carbocycles. The maximum Gasteiger partial charge on any atom is 0.387 e. The van der Waals surface area contributed by atoms with E-state index in [2.05, 4.69) is 19.8 Å². The number of aromatic nitrogens is 2. The summed E-state index contributed by atoms with van der Waals surface area (Å²) in [5.74, 6) is 1.60. The summed E-state index contributed by atoms with van der Waals surface area (Å²) < 4.78 is 46.7. The quantitative estimate of drug-likeness (QED) is 0.541. The lowest BCUT2D eigenvalue weighted by atomic mass is 10.2. The highest BCUT2D eigenvalue weighted by Crippen LogP contribution is 2.32. The van der Waals surface area contributed by atoms with Gasteiger partial charge in [-0.05, 0) is 24.3 Å². The van der Waals surface area contributed by atoms with Gasteiger partial charge in [-0.1, -0.05) is 29.4 Å². The van der Waals surface area contributed by atoms with E-state index in [-0.39, 0.29) is 24.1 Å². The molecule has 34 heavy (non-hydrogen) atoms. The molecule has 0 bridgehead atoms. The van der Waals surface area contributed by atoms with Crippen LogP contribution >= 0.6 is 0 Å². The fourth-order valence-electron chi connectivity index (χ4n) is 3.94. The van der Waals surface area contributed by atoms with E-state index >= 15 is 0 Å². The number of rotatable bonds is 6. The fourth-order valence-corrected chi connectivity index (χ4v) is 3.94. The van der Waals surface area contributed by atoms with E-state index in [9.17, 15) is 13.6 Å². The van der Waals surface area contributed by atoms with Crippen molar-refractivity contribution in [2.45, 2.75) is 19.3 Å². The van der Waals surface area contributed by atoms with E-state index in [1.807, 2.05) is 18.2 Å². The Bertz CT molecular complexity index is 1150. The summed E-state index contributed by atoms with van der Waals surface area (Å²) in [7, 11) is 0. The molecule has 2 aliphatic heterocycles. The SMILES string of the molecule is O=C(C1COc2ccccc2O1)N1CCN(Cc2nc(-c3ccccc3OC(F)F)no2)CC1. The number of amides is 1. The third-order valence-corrected chi connectivity index (χ3v) is 5.64. The second-order valence-electron chi connectivity index (χ2n) is 7.85. The summed E-state index contributed by atoms with van der Waals surface area (Å²) in [5, 5.41) is 3.91. The number of fused-ring (bicyclic) bond motifs is 1. The molecule has 1 atom stereocenters. The van der Waals surface area contributed by atoms with Crippen LogP contribution in [0.5, 0.6) is 17.2 Å². The Kier molecular flexibility index (Phi) is 6.26. The number of carbonyl (C=O) groups excluding carboxylic acids is 1. The summed E-state index contributed by atoms with van der Waals surface area (Å²) in [6, 6.07) is 13.6. The molecule has 1 amide bonds. The average Bonchev–Trinajstić information content (AvgIpc) is 3.32. The van der Waals surface area contributed by atoms with Gasteiger partial charge >= 0.3 is 6.61 Å². The second-order valence-corrected chi connectivity index (χ2v) is 7.85. The first-order valence-electron chi connectivity index (χ1n) is 10.8. The topological polar surface area (TPSA) is 90.2 Å². The molecule has 5 rings (SSSR count). The van der Waals surface area contributed by atoms with Crippen LogP contribution in [-0.2, 0) is 11.3 Å². The normalized spacial score (nSPS) is 18.2. The first-order valence-corrected chi connectivity index (χ1v) is 10.8. The Morgan fingerprint density at radius 1 is 1.06 bits per heavy atom. The van der Waals surface area contributed by atoms with E-state index < -0.39 is 12.7 Å². The summed E-state index contributed by atoms with van der Waals surface area (Å²) in [5.41, 5.74) is 0.324. The van der Waals surface area contributed by atoms with E-state index in [0.29, 0.717) is 55.7 Å². The zero-order chi connectivity index (χ0) is 23.5. The minimum Gasteiger partial charge on any atom is -0.485 e. The van der Waals surface area contributed by atoms with Crippen LogP contribution in [0.3, 0.4) is 0 Å². The van der Waals surface area contributed by atoms with Gasteiger partial charge in [0.1, 0.15) is 12.4 Å². The largest absolute Gasteiger partial charge is 0.485 e. The average molecular weight is 472 g/mol. The third kappa shape index (κ3) is 4.79. The maximum atomic E-state index is 12.9. The van der Waals surface area contributed by atoms with Crippen LogP contribution in [0, 0.1) is 0 Å². The van der Waals surface area contributed by atoms with E-state index in [4.69, 9.17) is 14.0 Å². The molecular formula is C23H22F2N4O5. The minimum absolute atomic E-state index is 0.0199. The molecule has 3 heterocycles. The number of piperazine rings is 1. The van der Waals surface area contributed by atoms with Crippen molar-refractivity contribution in [1.82, 2.24) is 19.9 Å². The van der Waals surface area contributed by atoms with Crippen molar-refractivity contribution in [3.63, 3.8) is 0 Å². The van der Waals surface area contributed by atoms with Crippen LogP contribution in [0.15, 0.2) is 53.1 Å². The number of carbonyl (C=O) groups is 1. The van der Waals surface area contributed by atoms with Gasteiger partial charge in [0, 0.05) is 26.2 Å². The summed E-state index contributed by atoms with van der Waals surface area (Å²) in [6.07, 6.45) is -0.671. The van der Waals surface area contributed by atoms with Crippen LogP contribution in [0.25, 0.3) is 11.4 Å². The van der Waals surface area contributed by atoms with Gasteiger partial charge in [-0.25, -0.2) is 0 Å². The molecular weight excluding hydrogens is 450 g/mol. The lowest BCUT2D eigenvalue weighted by Crippen LogP contribution is -2.53. The zero-order valence-electron chi connectivity index (χ0n) is 18.1. The Labute approximate surface area is 193 Å². The van der Waals surface area contributed by atoms with Crippen LogP contribution in [-0.4, -0.2) is 71.3 Å². The second kappa shape index (κ2) is 9.64. The van der Waals surface area contributed by atoms with Crippen LogP contribution in [0.2, 0.25) is 0 Å². The smallest absolute Gasteiger partial charge is 0.387 e. The number of para-hydroxylation sites is 3. The third-order valence-electron chi connectivity index (χ3n) is 5.64. The van der Waals surface area contributed by atoms with Crippen molar-refractivity contribution in [3.8, 4) is 28.6 Å². The summed E-state index contributed by atoms with van der Waals surface area (Å²) >= 11 is 0. The molecule has 1 aromatic heterocycles. The number of hydrogen-bond donors (Lipinski definition) is 0. The molecule has 1 unspecified atom stereocenters. The summed E-state index contributed by atoms with van der Waals surface area (Å²) in [4.78, 5) is 21.1. The molecule has 2 aliphatic rings. The number of hydrogen-bond acceptors (Lipinski definition) is 8. The summed E-state index contributed by atoms with van der Waals surface area (Å²) in [6.45, 7) is -0.135. The molecule has 3 aromatic rings. The highest BCUT2D eigenvalue weighted by atomic mass is 19.3. The number of halogens is 2. The monoisotopic (exact) mass is 472 g/mol. The molecule has 11 heteroatoms. The van der Waals surface area contributed by atoms with Gasteiger partial charge in [-0.2, -0.15) is 13.8 Å². The standard InChI is InChI=1S/C23H22F2N4O5/c24-23(25)33-16-6-2-1-5-15(16)21-26-20(34-27-21)13-28-9-11-29(12-10-28)22(30)19-14-31-17-7-3-4-8-18(17)32-19/h1-8,19,23H,9-14H2. The van der Waals surface area contributed by atoms with E-state index in [0.717, 1.165) is 0 Å². The van der Waals surface area contributed by atoms with Crippen molar-refractivity contribution in [1.29, 1.82) is 0 Å². The Morgan fingerprint density at radius 2 is 1.79 bits per heavy atom. The predicted octanol–water partition coefficient (Wildman–Crippen LogP) is 2.82. The van der Waals surface area contributed by atoms with E-state index in [1.165, 1.54) is 6.07 Å². The predicted molar refractivity (Wildman–Crippen MR) is 115 cm³/mol. The molecule has 1 fully saturated rings. The van der Waals surface area contributed by atoms with Crippen LogP contribution in [0.1, 0.15) is 5.89 Å². The molecule has 178 valence electrons. The number of nitrogens with zero attached hydrogens (tertiary/aromatic N) is 4.